The molecule has 1 N–H and O–H groups in total. The average Bonchev–Trinajstić information content (AvgIpc) is 3.67. The normalized spacial score (nSPS) is 25.5. The Morgan fingerprint density at radius 2 is 1.46 bits per heavy atom. The van der Waals surface area contributed by atoms with Crippen molar-refractivity contribution in [2.75, 3.05) is 54.0 Å². The maximum Gasteiger partial charge on any atom is 0.253 e. The lowest BCUT2D eigenvalue weighted by Crippen LogP contribution is -2.56. The molecule has 3 amide bonds. The molecule has 5 rings (SSSR count). The Hall–Kier alpha value is -3.95. The molecule has 2 unspecified atom stereocenters. The van der Waals surface area contributed by atoms with Crippen LogP contribution in [0.5, 0.6) is 0 Å². The highest BCUT2D eigenvalue weighted by molar-refractivity contribution is 6.06. The van der Waals surface area contributed by atoms with Crippen molar-refractivity contribution >= 4 is 34.8 Å². The van der Waals surface area contributed by atoms with Gasteiger partial charge in [-0.05, 0) is 82.9 Å². The van der Waals surface area contributed by atoms with E-state index in [1.54, 1.807) is 26.9 Å². The second-order valence-corrected chi connectivity index (χ2v) is 13.4. The van der Waals surface area contributed by atoms with Crippen LogP contribution in [0.2, 0.25) is 0 Å². The number of carbonyl (C=O) groups is 3. The molecule has 0 radical (unpaired) electrons. The summed E-state index contributed by atoms with van der Waals surface area (Å²) in [4.78, 5) is 51.6. The van der Waals surface area contributed by atoms with E-state index < -0.39 is 29.1 Å². The fourth-order valence-corrected chi connectivity index (χ4v) is 8.33. The summed E-state index contributed by atoms with van der Waals surface area (Å²) >= 11 is 0. The van der Waals surface area contributed by atoms with E-state index >= 15 is 0 Å². The Morgan fingerprint density at radius 1 is 0.875 bits per heavy atom. The highest BCUT2D eigenvalue weighted by Gasteiger charge is 2.78. The highest BCUT2D eigenvalue weighted by atomic mass is 16.5. The van der Waals surface area contributed by atoms with Crippen molar-refractivity contribution in [1.29, 1.82) is 0 Å². The third-order valence-electron chi connectivity index (χ3n) is 10.6. The summed E-state index contributed by atoms with van der Waals surface area (Å²) in [5.74, 6) is -2.15. The van der Waals surface area contributed by atoms with Crippen LogP contribution in [0, 0.1) is 11.8 Å². The van der Waals surface area contributed by atoms with E-state index in [9.17, 15) is 19.5 Å². The van der Waals surface area contributed by atoms with Gasteiger partial charge >= 0.3 is 0 Å². The van der Waals surface area contributed by atoms with Gasteiger partial charge in [-0.25, -0.2) is 0 Å². The van der Waals surface area contributed by atoms with Crippen molar-refractivity contribution in [2.45, 2.75) is 76.5 Å². The second kappa shape index (κ2) is 15.1. The molecule has 0 aliphatic carbocycles. The smallest absolute Gasteiger partial charge is 0.253 e. The molecule has 3 saturated heterocycles. The Kier molecular flexibility index (Phi) is 11.1. The first-order valence-electron chi connectivity index (χ1n) is 17.6. The number of anilines is 3. The summed E-state index contributed by atoms with van der Waals surface area (Å²) in [5, 5.41) is 9.30. The van der Waals surface area contributed by atoms with Gasteiger partial charge in [-0.3, -0.25) is 14.4 Å². The molecule has 2 aromatic rings. The number of unbranched alkanes of at least 4 members (excludes halogenated alkanes) is 3. The maximum absolute atomic E-state index is 15.0. The number of hydrogen-bond donors (Lipinski definition) is 1. The number of carbonyl (C=O) groups excluding carboxylic acids is 3. The first-order valence-corrected chi connectivity index (χ1v) is 17.6. The molecule has 3 aliphatic rings. The van der Waals surface area contributed by atoms with Gasteiger partial charge in [0.15, 0.2) is 0 Å². The highest BCUT2D eigenvalue weighted by Crippen LogP contribution is 2.63. The molecule has 9 heteroatoms. The van der Waals surface area contributed by atoms with Gasteiger partial charge in [-0.1, -0.05) is 43.2 Å². The molecule has 258 valence electrons. The van der Waals surface area contributed by atoms with Gasteiger partial charge in [0.2, 0.25) is 11.8 Å². The fourth-order valence-electron chi connectivity index (χ4n) is 8.33. The summed E-state index contributed by atoms with van der Waals surface area (Å²) in [7, 11) is 0. The molecule has 5 atom stereocenters. The number of rotatable bonds is 17. The zero-order valence-electron chi connectivity index (χ0n) is 28.9. The van der Waals surface area contributed by atoms with Gasteiger partial charge in [0, 0.05) is 56.4 Å². The van der Waals surface area contributed by atoms with Gasteiger partial charge < -0.3 is 29.4 Å². The molecule has 3 fully saturated rings. The standard InChI is InChI=1S/C39H52N4O5/c1-6-25-41(30-17-13-12-14-18-30)35(45)32-33-36(46)43(27-15-10-11-16-28-44)34(39(33)24-23-38(32,5)48-39)37(47)42(26-7-2)31-21-19-29(20-22-31)40(8-3)9-4/h6-7,12-14,17-22,32-34,44H,1-2,8-11,15-16,23-28H2,3-5H3/t32-,33+,34?,38+,39?/m1/s1. The van der Waals surface area contributed by atoms with Gasteiger partial charge in [0.1, 0.15) is 11.6 Å². The van der Waals surface area contributed by atoms with Crippen molar-refractivity contribution in [2.24, 2.45) is 11.8 Å². The van der Waals surface area contributed by atoms with E-state index in [4.69, 9.17) is 4.74 Å². The van der Waals surface area contributed by atoms with Crippen LogP contribution in [0.1, 0.15) is 59.3 Å². The molecule has 2 bridgehead atoms. The lowest BCUT2D eigenvalue weighted by atomic mass is 9.66. The molecular weight excluding hydrogens is 604 g/mol. The minimum atomic E-state index is -1.13. The predicted octanol–water partition coefficient (Wildman–Crippen LogP) is 5.59. The monoisotopic (exact) mass is 656 g/mol. The van der Waals surface area contributed by atoms with Crippen molar-refractivity contribution in [3.05, 3.63) is 79.9 Å². The number of aliphatic hydroxyl groups excluding tert-OH is 1. The molecule has 0 aromatic heterocycles. The Balaban J connectivity index is 1.54. The van der Waals surface area contributed by atoms with Gasteiger partial charge in [0.05, 0.1) is 17.4 Å². The van der Waals surface area contributed by atoms with E-state index in [2.05, 4.69) is 31.9 Å². The molecule has 2 aromatic carbocycles. The van der Waals surface area contributed by atoms with Crippen molar-refractivity contribution in [1.82, 2.24) is 4.90 Å². The number of para-hydroxylation sites is 1. The van der Waals surface area contributed by atoms with Crippen LogP contribution in [0.4, 0.5) is 17.1 Å². The molecule has 48 heavy (non-hydrogen) atoms. The van der Waals surface area contributed by atoms with Crippen molar-refractivity contribution < 1.29 is 24.2 Å². The summed E-state index contributed by atoms with van der Waals surface area (Å²) in [5.41, 5.74) is 0.492. The van der Waals surface area contributed by atoms with Crippen LogP contribution in [0.3, 0.4) is 0 Å². The largest absolute Gasteiger partial charge is 0.396 e. The second-order valence-electron chi connectivity index (χ2n) is 13.4. The number of nitrogens with zero attached hydrogens (tertiary/aromatic N) is 4. The number of fused-ring (bicyclic) bond motifs is 1. The first-order chi connectivity index (χ1) is 23.2. The van der Waals surface area contributed by atoms with Crippen molar-refractivity contribution in [3.8, 4) is 0 Å². The molecule has 9 nitrogen and oxygen atoms in total. The van der Waals surface area contributed by atoms with E-state index in [-0.39, 0.29) is 37.4 Å². The van der Waals surface area contributed by atoms with E-state index in [1.165, 1.54) is 0 Å². The topological polar surface area (TPSA) is 93.6 Å². The minimum Gasteiger partial charge on any atom is -0.396 e. The van der Waals surface area contributed by atoms with Gasteiger partial charge in [-0.2, -0.15) is 0 Å². The number of amides is 3. The SMILES string of the molecule is C=CCN(C(=O)C1N(CCCCCCO)C(=O)[C@@H]2[C@H](C(=O)N(CC=C)c3ccccc3)[C@]3(C)CCC12O3)c1ccc(N(CC)CC)cc1. The van der Waals surface area contributed by atoms with Crippen LogP contribution in [0.15, 0.2) is 79.9 Å². The molecule has 1 spiro atoms. The lowest BCUT2D eigenvalue weighted by molar-refractivity contribution is -0.144. The Bertz CT molecular complexity index is 1460. The number of aliphatic hydroxyl groups is 1. The molecule has 0 saturated carbocycles. The van der Waals surface area contributed by atoms with Crippen LogP contribution in [-0.4, -0.2) is 84.3 Å². The van der Waals surface area contributed by atoms with E-state index in [1.807, 2.05) is 61.5 Å². The molecule has 3 aliphatic heterocycles. The number of hydrogen-bond acceptors (Lipinski definition) is 6. The van der Waals surface area contributed by atoms with Gasteiger partial charge in [-0.15, -0.1) is 13.2 Å². The average molecular weight is 657 g/mol. The Morgan fingerprint density at radius 3 is 2.06 bits per heavy atom. The molecule has 3 heterocycles. The zero-order chi connectivity index (χ0) is 34.5. The molecular formula is C39H52N4O5. The van der Waals surface area contributed by atoms with Crippen LogP contribution >= 0.6 is 0 Å². The first kappa shape index (κ1) is 35.4. The minimum absolute atomic E-state index is 0.122. The summed E-state index contributed by atoms with van der Waals surface area (Å²) in [6, 6.07) is 16.5. The fraction of sp³-hybridized carbons (Fsp3) is 0.513. The van der Waals surface area contributed by atoms with Crippen molar-refractivity contribution in [3.63, 3.8) is 0 Å². The zero-order valence-corrected chi connectivity index (χ0v) is 28.9. The predicted molar refractivity (Wildman–Crippen MR) is 191 cm³/mol. The van der Waals surface area contributed by atoms with Crippen LogP contribution in [-0.2, 0) is 19.1 Å². The van der Waals surface area contributed by atoms with E-state index in [0.717, 1.165) is 43.0 Å². The summed E-state index contributed by atoms with van der Waals surface area (Å²) in [6.07, 6.45) is 7.49. The lowest BCUT2D eigenvalue weighted by Gasteiger charge is -2.37. The number of likely N-dealkylation sites (tertiary alicyclic amines) is 1. The Labute approximate surface area is 285 Å². The van der Waals surface area contributed by atoms with Gasteiger partial charge in [0.25, 0.3) is 5.91 Å². The number of benzene rings is 2. The van der Waals surface area contributed by atoms with Crippen LogP contribution < -0.4 is 14.7 Å². The third kappa shape index (κ3) is 6.30. The summed E-state index contributed by atoms with van der Waals surface area (Å²) in [6.45, 7) is 16.8. The third-order valence-corrected chi connectivity index (χ3v) is 10.6. The number of ether oxygens (including phenoxy) is 1. The quantitative estimate of drug-likeness (QED) is 0.176. The summed E-state index contributed by atoms with van der Waals surface area (Å²) < 4.78 is 6.94. The van der Waals surface area contributed by atoms with Crippen LogP contribution in [0.25, 0.3) is 0 Å². The van der Waals surface area contributed by atoms with E-state index in [0.29, 0.717) is 32.2 Å². The maximum atomic E-state index is 15.0.